The summed E-state index contributed by atoms with van der Waals surface area (Å²) in [6.45, 7) is 2.34. The van der Waals surface area contributed by atoms with Crippen molar-refractivity contribution in [1.82, 2.24) is 19.4 Å². The van der Waals surface area contributed by atoms with Crippen molar-refractivity contribution in [2.45, 2.75) is 51.0 Å². The first-order chi connectivity index (χ1) is 15.3. The van der Waals surface area contributed by atoms with Crippen LogP contribution in [0.15, 0.2) is 55.4 Å². The molecule has 1 saturated carbocycles. The molecule has 1 aliphatic carbocycles. The van der Waals surface area contributed by atoms with Gasteiger partial charge in [0.15, 0.2) is 0 Å². The van der Waals surface area contributed by atoms with E-state index in [1.54, 1.807) is 24.9 Å². The largest absolute Gasteiger partial charge is 0.322 e. The third-order valence-electron chi connectivity index (χ3n) is 6.65. The zero-order chi connectivity index (χ0) is 21.0. The maximum Gasteiger partial charge on any atom is 0.257 e. The van der Waals surface area contributed by atoms with E-state index in [2.05, 4.69) is 32.3 Å². The molecule has 2 aliphatic rings. The maximum absolute atomic E-state index is 12.8. The predicted molar refractivity (Wildman–Crippen MR) is 122 cm³/mol. The predicted octanol–water partition coefficient (Wildman–Crippen LogP) is 4.25. The summed E-state index contributed by atoms with van der Waals surface area (Å²) in [5, 5.41) is 3.06. The van der Waals surface area contributed by atoms with Crippen LogP contribution in [0.2, 0.25) is 0 Å². The average molecular weight is 416 g/mol. The van der Waals surface area contributed by atoms with E-state index in [-0.39, 0.29) is 5.91 Å². The van der Waals surface area contributed by atoms with Crippen LogP contribution in [0.1, 0.15) is 53.6 Å². The van der Waals surface area contributed by atoms with Gasteiger partial charge in [0.1, 0.15) is 0 Å². The molecule has 160 valence electrons. The number of nitrogens with one attached hydrogen (secondary N) is 1. The second-order valence-corrected chi connectivity index (χ2v) is 8.67. The minimum Gasteiger partial charge on any atom is -0.322 e. The Kier molecular flexibility index (Phi) is 5.80. The van der Waals surface area contributed by atoms with Crippen molar-refractivity contribution in [3.63, 3.8) is 0 Å². The molecule has 1 aromatic carbocycles. The summed E-state index contributed by atoms with van der Waals surface area (Å²) in [4.78, 5) is 23.8. The van der Waals surface area contributed by atoms with E-state index in [0.29, 0.717) is 5.56 Å². The molecule has 0 spiro atoms. The third kappa shape index (κ3) is 4.54. The molecule has 5 rings (SSSR count). The van der Waals surface area contributed by atoms with Crippen LogP contribution in [0.3, 0.4) is 0 Å². The van der Waals surface area contributed by atoms with Crippen molar-refractivity contribution >= 4 is 11.6 Å². The molecule has 31 heavy (non-hydrogen) atoms. The van der Waals surface area contributed by atoms with E-state index in [1.165, 1.54) is 49.8 Å². The smallest absolute Gasteiger partial charge is 0.257 e. The molecule has 3 heterocycles. The first-order valence-electron chi connectivity index (χ1n) is 11.4. The molecule has 1 amide bonds. The molecule has 6 nitrogen and oxygen atoms in total. The summed E-state index contributed by atoms with van der Waals surface area (Å²) in [7, 11) is 0. The first kappa shape index (κ1) is 19.9. The van der Waals surface area contributed by atoms with Crippen molar-refractivity contribution in [2.75, 3.05) is 18.4 Å². The highest BCUT2D eigenvalue weighted by molar-refractivity contribution is 6.04. The number of fused-ring (bicyclic) bond motifs is 1. The van der Waals surface area contributed by atoms with E-state index < -0.39 is 0 Å². The summed E-state index contributed by atoms with van der Waals surface area (Å²) in [5.74, 6) is -0.146. The number of carbonyl (C=O) groups excluding carboxylic acids is 1. The molecule has 1 aliphatic heterocycles. The van der Waals surface area contributed by atoms with Crippen molar-refractivity contribution in [2.24, 2.45) is 0 Å². The minimum atomic E-state index is -0.146. The summed E-state index contributed by atoms with van der Waals surface area (Å²) in [5.41, 5.74) is 4.99. The highest BCUT2D eigenvalue weighted by Crippen LogP contribution is 2.27. The Morgan fingerprint density at radius 2 is 1.87 bits per heavy atom. The number of rotatable bonds is 4. The zero-order valence-electron chi connectivity index (χ0n) is 17.8. The molecular weight excluding hydrogens is 386 g/mol. The molecule has 0 radical (unpaired) electrons. The lowest BCUT2D eigenvalue weighted by Crippen LogP contribution is -2.37. The lowest BCUT2D eigenvalue weighted by molar-refractivity contribution is 0.102. The number of amides is 1. The number of hydrogen-bond acceptors (Lipinski definition) is 4. The van der Waals surface area contributed by atoms with Crippen LogP contribution in [-0.2, 0) is 12.8 Å². The third-order valence-corrected chi connectivity index (χ3v) is 6.65. The van der Waals surface area contributed by atoms with Crippen LogP contribution in [0.4, 0.5) is 5.69 Å². The van der Waals surface area contributed by atoms with Gasteiger partial charge in [0.05, 0.1) is 23.8 Å². The van der Waals surface area contributed by atoms with Gasteiger partial charge in [0.25, 0.3) is 5.91 Å². The van der Waals surface area contributed by atoms with Crippen LogP contribution < -0.4 is 5.32 Å². The maximum atomic E-state index is 12.8. The van der Waals surface area contributed by atoms with Gasteiger partial charge in [-0.1, -0.05) is 18.9 Å². The summed E-state index contributed by atoms with van der Waals surface area (Å²) in [6, 6.07) is 9.02. The highest BCUT2D eigenvalue weighted by atomic mass is 16.1. The molecule has 2 aromatic heterocycles. The summed E-state index contributed by atoms with van der Waals surface area (Å²) < 4.78 is 1.84. The van der Waals surface area contributed by atoms with Gasteiger partial charge in [0, 0.05) is 36.9 Å². The lowest BCUT2D eigenvalue weighted by atomic mass is 9.96. The molecule has 1 N–H and O–H groups in total. The van der Waals surface area contributed by atoms with Gasteiger partial charge in [-0.15, -0.1) is 0 Å². The molecular formula is C25H29N5O. The number of hydrogen-bond donors (Lipinski definition) is 1. The molecule has 6 heteroatoms. The monoisotopic (exact) mass is 415 g/mol. The van der Waals surface area contributed by atoms with Crippen LogP contribution >= 0.6 is 0 Å². The number of benzene rings is 1. The molecule has 0 unspecified atom stereocenters. The molecule has 3 aromatic rings. The SMILES string of the molecule is O=C(Nc1ccc2c(c1)CCCN(C1CCCC1)CC2)c1cncc(-n2ccnc2)c1. The highest BCUT2D eigenvalue weighted by Gasteiger charge is 2.23. The van der Waals surface area contributed by atoms with Crippen LogP contribution in [0.5, 0.6) is 0 Å². The Morgan fingerprint density at radius 3 is 2.71 bits per heavy atom. The fourth-order valence-electron chi connectivity index (χ4n) is 4.97. The lowest BCUT2D eigenvalue weighted by Gasteiger charge is -2.31. The van der Waals surface area contributed by atoms with Crippen molar-refractivity contribution in [3.05, 3.63) is 72.1 Å². The van der Waals surface area contributed by atoms with Gasteiger partial charge in [-0.25, -0.2) is 4.98 Å². The second-order valence-electron chi connectivity index (χ2n) is 8.67. The number of carbonyl (C=O) groups is 1. The van der Waals surface area contributed by atoms with E-state index in [9.17, 15) is 4.79 Å². The Labute approximate surface area is 183 Å². The number of aromatic nitrogens is 3. The molecule has 0 saturated heterocycles. The number of pyridine rings is 1. The van der Waals surface area contributed by atoms with E-state index in [1.807, 2.05) is 22.9 Å². The van der Waals surface area contributed by atoms with Crippen LogP contribution in [0, 0.1) is 0 Å². The minimum absolute atomic E-state index is 0.146. The van der Waals surface area contributed by atoms with Gasteiger partial charge in [-0.3, -0.25) is 9.78 Å². The molecule has 0 bridgehead atoms. The molecule has 1 fully saturated rings. The van der Waals surface area contributed by atoms with E-state index >= 15 is 0 Å². The van der Waals surface area contributed by atoms with Gasteiger partial charge >= 0.3 is 0 Å². The zero-order valence-corrected chi connectivity index (χ0v) is 17.8. The fraction of sp³-hybridized carbons (Fsp3) is 0.400. The first-order valence-corrected chi connectivity index (χ1v) is 11.4. The molecule has 0 atom stereocenters. The number of aryl methyl sites for hydroxylation is 1. The number of anilines is 1. The van der Waals surface area contributed by atoms with Crippen molar-refractivity contribution < 1.29 is 4.79 Å². The Balaban J connectivity index is 1.27. The quantitative estimate of drug-likeness (QED) is 0.692. The van der Waals surface area contributed by atoms with E-state index in [0.717, 1.165) is 36.8 Å². The van der Waals surface area contributed by atoms with Gasteiger partial charge < -0.3 is 14.8 Å². The summed E-state index contributed by atoms with van der Waals surface area (Å²) in [6.07, 6.45) is 17.4. The topological polar surface area (TPSA) is 63.1 Å². The number of imidazole rings is 1. The normalized spacial score (nSPS) is 17.7. The Bertz CT molecular complexity index is 1040. The van der Waals surface area contributed by atoms with Crippen LogP contribution in [-0.4, -0.2) is 44.5 Å². The second kappa shape index (κ2) is 9.02. The van der Waals surface area contributed by atoms with Gasteiger partial charge in [0.2, 0.25) is 0 Å². The fourth-order valence-corrected chi connectivity index (χ4v) is 4.97. The van der Waals surface area contributed by atoms with Gasteiger partial charge in [-0.05, 0) is 68.0 Å². The van der Waals surface area contributed by atoms with E-state index in [4.69, 9.17) is 0 Å². The Morgan fingerprint density at radius 1 is 0.968 bits per heavy atom. The summed E-state index contributed by atoms with van der Waals surface area (Å²) >= 11 is 0. The van der Waals surface area contributed by atoms with Crippen molar-refractivity contribution in [1.29, 1.82) is 0 Å². The standard InChI is InChI=1S/C25H29N5O/c31-25(21-15-24(17-27-16-21)30-13-10-26-18-30)28-22-8-7-19-9-12-29(23-5-1-2-6-23)11-3-4-20(19)14-22/h7-8,10,13-18,23H,1-6,9,11-12H2,(H,28,31). The van der Waals surface area contributed by atoms with Crippen LogP contribution in [0.25, 0.3) is 5.69 Å². The average Bonchev–Trinajstić information content (AvgIpc) is 3.50. The number of nitrogens with zero attached hydrogens (tertiary/aromatic N) is 4. The van der Waals surface area contributed by atoms with Crippen molar-refractivity contribution in [3.8, 4) is 5.69 Å². The Hall–Kier alpha value is -2.99. The van der Waals surface area contributed by atoms with Gasteiger partial charge in [-0.2, -0.15) is 0 Å².